The van der Waals surface area contributed by atoms with Crippen LogP contribution in [0.15, 0.2) is 108 Å². The van der Waals surface area contributed by atoms with Gasteiger partial charge in [0, 0.05) is 21.8 Å². The largest absolute Gasteiger partial charge is 0.507 e. The smallest absolute Gasteiger partial charge is 0.339 e. The van der Waals surface area contributed by atoms with Crippen LogP contribution in [0.2, 0.25) is 0 Å². The van der Waals surface area contributed by atoms with Crippen molar-refractivity contribution in [1.82, 2.24) is 5.32 Å². The number of nitrogens with one attached hydrogen (secondary N) is 3. The minimum atomic E-state index is -1.31. The Balaban J connectivity index is 1.40. The molecule has 0 fully saturated rings. The van der Waals surface area contributed by atoms with Crippen LogP contribution in [0, 0.1) is 0 Å². The molecule has 0 aliphatic heterocycles. The van der Waals surface area contributed by atoms with E-state index in [1.54, 1.807) is 84.9 Å². The van der Waals surface area contributed by atoms with Crippen LogP contribution >= 0.6 is 11.8 Å². The van der Waals surface area contributed by atoms with Gasteiger partial charge in [-0.15, -0.1) is 11.8 Å². The van der Waals surface area contributed by atoms with Crippen molar-refractivity contribution in [3.05, 3.63) is 119 Å². The predicted molar refractivity (Wildman–Crippen MR) is 169 cm³/mol. The number of carbonyl (C=O) groups excluding carboxylic acids is 3. The van der Waals surface area contributed by atoms with Gasteiger partial charge in [0.1, 0.15) is 22.8 Å². The molecule has 11 heteroatoms. The molecule has 0 heterocycles. The highest BCUT2D eigenvalue weighted by atomic mass is 32.2. The molecule has 0 radical (unpaired) electrons. The third kappa shape index (κ3) is 8.97. The number of aromatic carboxylic acids is 1. The van der Waals surface area contributed by atoms with Gasteiger partial charge in [0.15, 0.2) is 0 Å². The second-order valence-corrected chi connectivity index (χ2v) is 10.3. The van der Waals surface area contributed by atoms with E-state index in [2.05, 4.69) is 16.0 Å². The number of carboxylic acids is 1. The number of hydrogen-bond donors (Lipinski definition) is 5. The van der Waals surface area contributed by atoms with Crippen molar-refractivity contribution < 1.29 is 34.1 Å². The predicted octanol–water partition coefficient (Wildman–Crippen LogP) is 5.63. The van der Waals surface area contributed by atoms with E-state index in [-0.39, 0.29) is 28.6 Å². The third-order valence-electron chi connectivity index (χ3n) is 6.02. The SMILES string of the molecule is CCOc1ccc(/C=C(\NC(=O)c2ccccc2)C(=O)Nc2ccc(SCC(=O)Nc3ccc(O)c(C(=O)O)c3)cc2)cc1. The van der Waals surface area contributed by atoms with Crippen LogP contribution in [0.25, 0.3) is 6.08 Å². The van der Waals surface area contributed by atoms with E-state index in [9.17, 15) is 24.3 Å². The van der Waals surface area contributed by atoms with E-state index in [0.717, 1.165) is 4.90 Å². The van der Waals surface area contributed by atoms with Crippen LogP contribution in [0.4, 0.5) is 11.4 Å². The highest BCUT2D eigenvalue weighted by molar-refractivity contribution is 8.00. The number of ether oxygens (including phenoxy) is 1. The van der Waals surface area contributed by atoms with E-state index in [0.29, 0.717) is 29.2 Å². The Morgan fingerprint density at radius 2 is 1.52 bits per heavy atom. The Bertz CT molecular complexity index is 1670. The highest BCUT2D eigenvalue weighted by Gasteiger charge is 2.16. The van der Waals surface area contributed by atoms with Crippen LogP contribution in [0.1, 0.15) is 33.2 Å². The molecule has 0 spiro atoms. The lowest BCUT2D eigenvalue weighted by Gasteiger charge is -2.12. The van der Waals surface area contributed by atoms with Crippen LogP contribution < -0.4 is 20.7 Å². The van der Waals surface area contributed by atoms with Gasteiger partial charge in [-0.1, -0.05) is 30.3 Å². The summed E-state index contributed by atoms with van der Waals surface area (Å²) in [6.07, 6.45) is 1.57. The van der Waals surface area contributed by atoms with Gasteiger partial charge in [-0.25, -0.2) is 4.79 Å². The molecule has 0 aliphatic carbocycles. The molecule has 3 amide bonds. The van der Waals surface area contributed by atoms with Gasteiger partial charge in [-0.3, -0.25) is 14.4 Å². The summed E-state index contributed by atoms with van der Waals surface area (Å²) in [5.41, 5.74) is 1.53. The Hall–Kier alpha value is -5.55. The highest BCUT2D eigenvalue weighted by Crippen LogP contribution is 2.24. The molecule has 10 nitrogen and oxygen atoms in total. The number of hydrogen-bond acceptors (Lipinski definition) is 7. The lowest BCUT2D eigenvalue weighted by Crippen LogP contribution is -2.30. The second-order valence-electron chi connectivity index (χ2n) is 9.23. The number of aromatic hydroxyl groups is 1. The zero-order valence-electron chi connectivity index (χ0n) is 23.6. The molecule has 224 valence electrons. The molecule has 4 aromatic rings. The average Bonchev–Trinajstić information content (AvgIpc) is 3.02. The first-order chi connectivity index (χ1) is 21.2. The maximum absolute atomic E-state index is 13.3. The fraction of sp³-hybridized carbons (Fsp3) is 0.0909. The Kier molecular flexibility index (Phi) is 10.8. The van der Waals surface area contributed by atoms with Crippen LogP contribution in [0.5, 0.6) is 11.5 Å². The zero-order chi connectivity index (χ0) is 31.5. The summed E-state index contributed by atoms with van der Waals surface area (Å²) in [6.45, 7) is 2.41. The third-order valence-corrected chi connectivity index (χ3v) is 7.04. The molecule has 4 aromatic carbocycles. The quantitative estimate of drug-likeness (QED) is 0.0785. The van der Waals surface area contributed by atoms with Crippen LogP contribution in [-0.4, -0.2) is 46.3 Å². The molecule has 0 saturated heterocycles. The van der Waals surface area contributed by atoms with Gasteiger partial charge in [-0.2, -0.15) is 0 Å². The van der Waals surface area contributed by atoms with E-state index in [1.807, 2.05) is 6.92 Å². The van der Waals surface area contributed by atoms with Gasteiger partial charge in [-0.05, 0) is 85.3 Å². The number of carboxylic acid groups (broad SMARTS) is 1. The molecule has 0 bridgehead atoms. The van der Waals surface area contributed by atoms with E-state index in [1.165, 1.54) is 30.0 Å². The first kappa shape index (κ1) is 31.4. The number of rotatable bonds is 12. The summed E-state index contributed by atoms with van der Waals surface area (Å²) < 4.78 is 5.48. The van der Waals surface area contributed by atoms with Gasteiger partial charge in [0.25, 0.3) is 11.8 Å². The van der Waals surface area contributed by atoms with Crippen molar-refractivity contribution in [2.45, 2.75) is 11.8 Å². The molecule has 4 rings (SSSR count). The molecular formula is C33H29N3O7S. The molecule has 5 N–H and O–H groups in total. The maximum Gasteiger partial charge on any atom is 0.339 e. The lowest BCUT2D eigenvalue weighted by molar-refractivity contribution is -0.114. The molecule has 0 unspecified atom stereocenters. The van der Waals surface area contributed by atoms with Crippen molar-refractivity contribution in [3.8, 4) is 11.5 Å². The number of anilines is 2. The Morgan fingerprint density at radius 3 is 2.18 bits per heavy atom. The van der Waals surface area contributed by atoms with Crippen molar-refractivity contribution in [3.63, 3.8) is 0 Å². The fourth-order valence-corrected chi connectivity index (χ4v) is 4.60. The average molecular weight is 612 g/mol. The van der Waals surface area contributed by atoms with Crippen LogP contribution in [-0.2, 0) is 9.59 Å². The van der Waals surface area contributed by atoms with Gasteiger partial charge in [0.2, 0.25) is 5.91 Å². The van der Waals surface area contributed by atoms with Crippen molar-refractivity contribution in [2.24, 2.45) is 0 Å². The van der Waals surface area contributed by atoms with Gasteiger partial charge >= 0.3 is 5.97 Å². The minimum absolute atomic E-state index is 0.0372. The standard InChI is InChI=1S/C33H29N3O7S/c1-2-43-25-13-8-21(9-14-25)18-28(36-31(39)22-6-4-3-5-7-22)32(40)35-23-10-15-26(16-11-23)44-20-30(38)34-24-12-17-29(37)27(19-24)33(41)42/h3-19,37H,2,20H2,1H3,(H,34,38)(H,35,40)(H,36,39)(H,41,42)/b28-18-. The number of thioether (sulfide) groups is 1. The second kappa shape index (κ2) is 15.1. The van der Waals surface area contributed by atoms with Crippen molar-refractivity contribution in [2.75, 3.05) is 23.0 Å². The summed E-state index contributed by atoms with van der Waals surface area (Å²) in [5.74, 6) is -2.31. The number of phenols is 1. The lowest BCUT2D eigenvalue weighted by atomic mass is 10.1. The van der Waals surface area contributed by atoms with Crippen molar-refractivity contribution in [1.29, 1.82) is 0 Å². The number of carbonyl (C=O) groups is 4. The Labute approximate surface area is 257 Å². The number of amides is 3. The fourth-order valence-electron chi connectivity index (χ4n) is 3.90. The zero-order valence-corrected chi connectivity index (χ0v) is 24.4. The van der Waals surface area contributed by atoms with E-state index < -0.39 is 23.5 Å². The van der Waals surface area contributed by atoms with Crippen molar-refractivity contribution >= 4 is 52.9 Å². The maximum atomic E-state index is 13.3. The van der Waals surface area contributed by atoms with Gasteiger partial charge in [0.05, 0.1) is 12.4 Å². The van der Waals surface area contributed by atoms with E-state index >= 15 is 0 Å². The van der Waals surface area contributed by atoms with Gasteiger partial charge < -0.3 is 30.9 Å². The van der Waals surface area contributed by atoms with Crippen LogP contribution in [0.3, 0.4) is 0 Å². The topological polar surface area (TPSA) is 154 Å². The normalized spacial score (nSPS) is 10.9. The monoisotopic (exact) mass is 611 g/mol. The molecule has 44 heavy (non-hydrogen) atoms. The molecular weight excluding hydrogens is 582 g/mol. The first-order valence-corrected chi connectivity index (χ1v) is 14.4. The molecule has 0 atom stereocenters. The summed E-state index contributed by atoms with van der Waals surface area (Å²) >= 11 is 1.24. The molecule has 0 aliphatic rings. The Morgan fingerprint density at radius 1 is 0.841 bits per heavy atom. The summed E-state index contributed by atoms with van der Waals surface area (Å²) in [5, 5.41) is 26.9. The minimum Gasteiger partial charge on any atom is -0.507 e. The summed E-state index contributed by atoms with van der Waals surface area (Å²) in [7, 11) is 0. The summed E-state index contributed by atoms with van der Waals surface area (Å²) in [4.78, 5) is 50.5. The molecule has 0 saturated carbocycles. The summed E-state index contributed by atoms with van der Waals surface area (Å²) in [6, 6.07) is 26.3. The van der Waals surface area contributed by atoms with E-state index in [4.69, 9.17) is 9.84 Å². The molecule has 0 aromatic heterocycles. The number of benzene rings is 4. The first-order valence-electron chi connectivity index (χ1n) is 13.4.